The van der Waals surface area contributed by atoms with Gasteiger partial charge < -0.3 is 14.4 Å². The number of methoxy groups -OCH3 is 1. The van der Waals surface area contributed by atoms with Gasteiger partial charge in [-0.1, -0.05) is 5.16 Å². The van der Waals surface area contributed by atoms with Crippen LogP contribution in [0.3, 0.4) is 0 Å². The molecule has 1 heterocycles. The molecule has 17 heavy (non-hydrogen) atoms. The molecule has 1 saturated carbocycles. The minimum Gasteiger partial charge on any atom is -0.393 e. The van der Waals surface area contributed by atoms with Gasteiger partial charge in [-0.2, -0.15) is 4.98 Å². The molecule has 1 fully saturated rings. The van der Waals surface area contributed by atoms with E-state index in [4.69, 9.17) is 9.26 Å². The number of aromatic nitrogens is 2. The molecule has 5 heteroatoms. The highest BCUT2D eigenvalue weighted by molar-refractivity contribution is 4.97. The highest BCUT2D eigenvalue weighted by atomic mass is 16.5. The van der Waals surface area contributed by atoms with Gasteiger partial charge in [-0.25, -0.2) is 0 Å². The molecule has 0 spiro atoms. The standard InChI is InChI=1S/C12H20N2O3/c1-8(16-2)7-11-13-12(17-14-11)9-3-5-10(15)6-4-9/h8-10,15H,3-7H2,1-2H3. The predicted octanol–water partition coefficient (Wildman–Crippen LogP) is 1.67. The summed E-state index contributed by atoms with van der Waals surface area (Å²) in [4.78, 5) is 4.41. The van der Waals surface area contributed by atoms with E-state index in [9.17, 15) is 5.11 Å². The number of nitrogens with zero attached hydrogens (tertiary/aromatic N) is 2. The van der Waals surface area contributed by atoms with Gasteiger partial charge in [0.2, 0.25) is 5.89 Å². The molecule has 96 valence electrons. The fourth-order valence-corrected chi connectivity index (χ4v) is 2.18. The van der Waals surface area contributed by atoms with E-state index in [0.29, 0.717) is 18.2 Å². The molecule has 1 aromatic rings. The van der Waals surface area contributed by atoms with Gasteiger partial charge in [0.05, 0.1) is 12.2 Å². The molecule has 1 aliphatic carbocycles. The molecule has 0 saturated heterocycles. The van der Waals surface area contributed by atoms with E-state index in [-0.39, 0.29) is 12.2 Å². The first-order chi connectivity index (χ1) is 8.19. The Morgan fingerprint density at radius 2 is 2.12 bits per heavy atom. The Kier molecular flexibility index (Phi) is 4.12. The highest BCUT2D eigenvalue weighted by Gasteiger charge is 2.25. The van der Waals surface area contributed by atoms with Gasteiger partial charge in [0, 0.05) is 19.4 Å². The van der Waals surface area contributed by atoms with Crippen LogP contribution in [0.4, 0.5) is 0 Å². The summed E-state index contributed by atoms with van der Waals surface area (Å²) >= 11 is 0. The third-order valence-electron chi connectivity index (χ3n) is 3.40. The minimum absolute atomic E-state index is 0.105. The van der Waals surface area contributed by atoms with Gasteiger partial charge in [0.15, 0.2) is 5.82 Å². The van der Waals surface area contributed by atoms with Crippen molar-refractivity contribution in [1.82, 2.24) is 10.1 Å². The zero-order valence-electron chi connectivity index (χ0n) is 10.4. The van der Waals surface area contributed by atoms with Crippen molar-refractivity contribution >= 4 is 0 Å². The van der Waals surface area contributed by atoms with Crippen LogP contribution in [0.2, 0.25) is 0 Å². The van der Waals surface area contributed by atoms with E-state index < -0.39 is 0 Å². The molecule has 2 rings (SSSR count). The van der Waals surface area contributed by atoms with E-state index in [1.54, 1.807) is 7.11 Å². The molecule has 1 aliphatic rings. The van der Waals surface area contributed by atoms with Gasteiger partial charge in [-0.15, -0.1) is 0 Å². The predicted molar refractivity (Wildman–Crippen MR) is 61.7 cm³/mol. The quantitative estimate of drug-likeness (QED) is 0.867. The van der Waals surface area contributed by atoms with Crippen molar-refractivity contribution in [2.24, 2.45) is 0 Å². The fraction of sp³-hybridized carbons (Fsp3) is 0.833. The van der Waals surface area contributed by atoms with Crippen LogP contribution in [0, 0.1) is 0 Å². The summed E-state index contributed by atoms with van der Waals surface area (Å²) in [6.07, 6.45) is 4.16. The fourth-order valence-electron chi connectivity index (χ4n) is 2.18. The largest absolute Gasteiger partial charge is 0.393 e. The summed E-state index contributed by atoms with van der Waals surface area (Å²) in [6, 6.07) is 0. The van der Waals surface area contributed by atoms with Crippen LogP contribution in [0.25, 0.3) is 0 Å². The highest BCUT2D eigenvalue weighted by Crippen LogP contribution is 2.31. The van der Waals surface area contributed by atoms with Gasteiger partial charge in [0.1, 0.15) is 0 Å². The first-order valence-electron chi connectivity index (χ1n) is 6.22. The molecule has 0 aromatic carbocycles. The van der Waals surface area contributed by atoms with Crippen molar-refractivity contribution in [3.8, 4) is 0 Å². The van der Waals surface area contributed by atoms with Crippen LogP contribution >= 0.6 is 0 Å². The zero-order chi connectivity index (χ0) is 12.3. The van der Waals surface area contributed by atoms with E-state index in [2.05, 4.69) is 10.1 Å². The van der Waals surface area contributed by atoms with E-state index >= 15 is 0 Å². The lowest BCUT2D eigenvalue weighted by Crippen LogP contribution is -2.17. The Morgan fingerprint density at radius 1 is 1.41 bits per heavy atom. The van der Waals surface area contributed by atoms with Crippen LogP contribution < -0.4 is 0 Å². The third-order valence-corrected chi connectivity index (χ3v) is 3.40. The molecular formula is C12H20N2O3. The van der Waals surface area contributed by atoms with Crippen molar-refractivity contribution in [2.45, 2.75) is 57.2 Å². The topological polar surface area (TPSA) is 68.4 Å². The van der Waals surface area contributed by atoms with E-state index in [1.807, 2.05) is 6.92 Å². The van der Waals surface area contributed by atoms with Crippen molar-refractivity contribution < 1.29 is 14.4 Å². The van der Waals surface area contributed by atoms with Crippen molar-refractivity contribution in [1.29, 1.82) is 0 Å². The number of aliphatic hydroxyl groups is 1. The summed E-state index contributed by atoms with van der Waals surface area (Å²) < 4.78 is 10.5. The first kappa shape index (κ1) is 12.5. The second kappa shape index (κ2) is 5.60. The third kappa shape index (κ3) is 3.26. The van der Waals surface area contributed by atoms with E-state index in [0.717, 1.165) is 31.6 Å². The summed E-state index contributed by atoms with van der Waals surface area (Å²) in [5.41, 5.74) is 0. The number of aliphatic hydroxyl groups excluding tert-OH is 1. The van der Waals surface area contributed by atoms with Crippen LogP contribution in [0.15, 0.2) is 4.52 Å². The van der Waals surface area contributed by atoms with Crippen molar-refractivity contribution in [2.75, 3.05) is 7.11 Å². The lowest BCUT2D eigenvalue weighted by molar-refractivity contribution is 0.115. The monoisotopic (exact) mass is 240 g/mol. The molecular weight excluding hydrogens is 220 g/mol. The van der Waals surface area contributed by atoms with E-state index in [1.165, 1.54) is 0 Å². The second-order valence-electron chi connectivity index (χ2n) is 4.80. The molecule has 1 unspecified atom stereocenters. The summed E-state index contributed by atoms with van der Waals surface area (Å²) in [5.74, 6) is 1.74. The maximum atomic E-state index is 9.45. The van der Waals surface area contributed by atoms with Crippen molar-refractivity contribution in [3.63, 3.8) is 0 Å². The Morgan fingerprint density at radius 3 is 2.76 bits per heavy atom. The van der Waals surface area contributed by atoms with Crippen LogP contribution in [-0.2, 0) is 11.2 Å². The summed E-state index contributed by atoms with van der Waals surface area (Å²) in [6.45, 7) is 1.98. The van der Waals surface area contributed by atoms with Gasteiger partial charge in [-0.05, 0) is 32.6 Å². The average molecular weight is 240 g/mol. The lowest BCUT2D eigenvalue weighted by atomic mass is 9.87. The Hall–Kier alpha value is -0.940. The maximum absolute atomic E-state index is 9.45. The van der Waals surface area contributed by atoms with Gasteiger partial charge >= 0.3 is 0 Å². The Balaban J connectivity index is 1.93. The molecule has 0 aliphatic heterocycles. The Bertz CT molecular complexity index is 345. The summed E-state index contributed by atoms with van der Waals surface area (Å²) in [5, 5.41) is 13.4. The van der Waals surface area contributed by atoms with Crippen molar-refractivity contribution in [3.05, 3.63) is 11.7 Å². The molecule has 1 atom stereocenters. The SMILES string of the molecule is COC(C)Cc1noc(C2CCC(O)CC2)n1. The van der Waals surface area contributed by atoms with Crippen LogP contribution in [0.1, 0.15) is 50.2 Å². The van der Waals surface area contributed by atoms with Crippen LogP contribution in [0.5, 0.6) is 0 Å². The van der Waals surface area contributed by atoms with Gasteiger partial charge in [0.25, 0.3) is 0 Å². The average Bonchev–Trinajstić information content (AvgIpc) is 2.78. The molecule has 0 radical (unpaired) electrons. The number of hydrogen-bond acceptors (Lipinski definition) is 5. The Labute approximate surface area is 101 Å². The number of ether oxygens (including phenoxy) is 1. The first-order valence-corrected chi connectivity index (χ1v) is 6.22. The molecule has 1 N–H and O–H groups in total. The smallest absolute Gasteiger partial charge is 0.229 e. The number of rotatable bonds is 4. The summed E-state index contributed by atoms with van der Waals surface area (Å²) in [7, 11) is 1.67. The second-order valence-corrected chi connectivity index (χ2v) is 4.80. The number of hydrogen-bond donors (Lipinski definition) is 1. The minimum atomic E-state index is -0.151. The molecule has 1 aromatic heterocycles. The molecule has 0 bridgehead atoms. The maximum Gasteiger partial charge on any atom is 0.229 e. The molecule has 5 nitrogen and oxygen atoms in total. The van der Waals surface area contributed by atoms with Crippen LogP contribution in [-0.4, -0.2) is 34.6 Å². The normalized spacial score (nSPS) is 27.0. The van der Waals surface area contributed by atoms with Gasteiger partial charge in [-0.3, -0.25) is 0 Å². The lowest BCUT2D eigenvalue weighted by Gasteiger charge is -2.22. The molecule has 0 amide bonds. The zero-order valence-corrected chi connectivity index (χ0v) is 10.4.